The Morgan fingerprint density at radius 1 is 1.19 bits per heavy atom. The molecule has 0 radical (unpaired) electrons. The van der Waals surface area contributed by atoms with Crippen molar-refractivity contribution in [2.45, 2.75) is 18.9 Å². The van der Waals surface area contributed by atoms with Gasteiger partial charge in [0.1, 0.15) is 6.04 Å². The van der Waals surface area contributed by atoms with Gasteiger partial charge in [-0.05, 0) is 31.5 Å². The molecule has 1 heterocycles. The Kier molecular flexibility index (Phi) is 4.77. The summed E-state index contributed by atoms with van der Waals surface area (Å²) in [4.78, 5) is 13.6. The van der Waals surface area contributed by atoms with Crippen LogP contribution in [0.5, 0.6) is 0 Å². The number of likely N-dealkylation sites (tertiary alicyclic amines) is 1. The van der Waals surface area contributed by atoms with Crippen molar-refractivity contribution in [1.29, 1.82) is 0 Å². The number of nitrogens with zero attached hydrogens (tertiary/aromatic N) is 1. The monoisotopic (exact) mass is 240 g/mol. The fraction of sp³-hybridized carbons (Fsp3) is 0.417. The molecule has 0 aromatic heterocycles. The maximum atomic E-state index is 11.5. The number of hydrogen-bond acceptors (Lipinski definition) is 2. The Morgan fingerprint density at radius 2 is 1.75 bits per heavy atom. The molecule has 1 amide bonds. The van der Waals surface area contributed by atoms with Crippen LogP contribution in [0.4, 0.5) is 0 Å². The third-order valence-corrected chi connectivity index (χ3v) is 2.89. The number of carbonyl (C=O) groups excluding carboxylic acids is 1. The number of nitrogens with two attached hydrogens (primary N) is 1. The van der Waals surface area contributed by atoms with Crippen LogP contribution in [-0.4, -0.2) is 23.9 Å². The normalized spacial score (nSPS) is 17.8. The highest BCUT2D eigenvalue weighted by Gasteiger charge is 2.27. The molecule has 2 N–H and O–H groups in total. The summed E-state index contributed by atoms with van der Waals surface area (Å²) in [6.07, 6.45) is 2.33. The molecular formula is C12H17ClN2O. The summed E-state index contributed by atoms with van der Waals surface area (Å²) in [5, 5.41) is 0. The van der Waals surface area contributed by atoms with Crippen molar-refractivity contribution in [2.75, 3.05) is 13.1 Å². The number of rotatable bonds is 3. The van der Waals surface area contributed by atoms with Crippen LogP contribution >= 0.6 is 12.4 Å². The van der Waals surface area contributed by atoms with E-state index in [0.29, 0.717) is 0 Å². The number of amides is 1. The molecule has 1 unspecified atom stereocenters. The first-order valence-corrected chi connectivity index (χ1v) is 5.37. The van der Waals surface area contributed by atoms with Crippen molar-refractivity contribution < 1.29 is 4.79 Å². The number of primary amides is 1. The maximum Gasteiger partial charge on any atom is 0.239 e. The van der Waals surface area contributed by atoms with Gasteiger partial charge in [0, 0.05) is 0 Å². The molecule has 0 saturated carbocycles. The van der Waals surface area contributed by atoms with Gasteiger partial charge >= 0.3 is 0 Å². The fourth-order valence-electron chi connectivity index (χ4n) is 2.19. The molecule has 0 aliphatic carbocycles. The predicted octanol–water partition coefficient (Wildman–Crippen LogP) is 1.73. The van der Waals surface area contributed by atoms with Gasteiger partial charge in [-0.3, -0.25) is 9.69 Å². The van der Waals surface area contributed by atoms with Gasteiger partial charge in [-0.15, -0.1) is 12.4 Å². The molecule has 3 nitrogen and oxygen atoms in total. The average molecular weight is 241 g/mol. The summed E-state index contributed by atoms with van der Waals surface area (Å²) in [5.41, 5.74) is 6.47. The molecule has 1 saturated heterocycles. The second kappa shape index (κ2) is 5.87. The Hall–Kier alpha value is -1.06. The minimum Gasteiger partial charge on any atom is -0.368 e. The lowest BCUT2D eigenvalue weighted by Crippen LogP contribution is -2.35. The van der Waals surface area contributed by atoms with E-state index in [2.05, 4.69) is 4.90 Å². The zero-order valence-electron chi connectivity index (χ0n) is 9.13. The summed E-state index contributed by atoms with van der Waals surface area (Å²) in [6.45, 7) is 1.95. The molecule has 0 bridgehead atoms. The first-order chi connectivity index (χ1) is 7.29. The largest absolute Gasteiger partial charge is 0.368 e. The number of hydrogen-bond donors (Lipinski definition) is 1. The van der Waals surface area contributed by atoms with Crippen molar-refractivity contribution in [2.24, 2.45) is 5.73 Å². The second-order valence-corrected chi connectivity index (χ2v) is 3.96. The van der Waals surface area contributed by atoms with E-state index in [0.717, 1.165) is 31.5 Å². The van der Waals surface area contributed by atoms with Crippen LogP contribution in [0.1, 0.15) is 24.4 Å². The fourth-order valence-corrected chi connectivity index (χ4v) is 2.19. The van der Waals surface area contributed by atoms with Crippen molar-refractivity contribution in [3.05, 3.63) is 35.9 Å². The minimum absolute atomic E-state index is 0. The molecule has 1 aliphatic heterocycles. The number of halogens is 1. The van der Waals surface area contributed by atoms with E-state index in [4.69, 9.17) is 5.73 Å². The predicted molar refractivity (Wildman–Crippen MR) is 66.4 cm³/mol. The van der Waals surface area contributed by atoms with Crippen LogP contribution in [0.3, 0.4) is 0 Å². The summed E-state index contributed by atoms with van der Waals surface area (Å²) >= 11 is 0. The molecule has 16 heavy (non-hydrogen) atoms. The Bertz CT molecular complexity index is 336. The maximum absolute atomic E-state index is 11.5. The van der Waals surface area contributed by atoms with Crippen LogP contribution in [0.25, 0.3) is 0 Å². The third-order valence-electron chi connectivity index (χ3n) is 2.89. The molecule has 1 aromatic carbocycles. The first-order valence-electron chi connectivity index (χ1n) is 5.37. The molecule has 2 rings (SSSR count). The van der Waals surface area contributed by atoms with Gasteiger partial charge < -0.3 is 5.73 Å². The molecule has 1 atom stereocenters. The van der Waals surface area contributed by atoms with E-state index in [1.165, 1.54) is 0 Å². The standard InChI is InChI=1S/C12H16N2O.ClH/c13-12(15)11(14-8-4-5-9-14)10-6-2-1-3-7-10;/h1-3,6-7,11H,4-5,8-9H2,(H2,13,15);1H. The second-order valence-electron chi connectivity index (χ2n) is 3.96. The zero-order valence-corrected chi connectivity index (χ0v) is 9.95. The number of carbonyl (C=O) groups is 1. The van der Waals surface area contributed by atoms with Gasteiger partial charge in [0.25, 0.3) is 0 Å². The van der Waals surface area contributed by atoms with Crippen molar-refractivity contribution in [3.8, 4) is 0 Å². The van der Waals surface area contributed by atoms with Crippen LogP contribution < -0.4 is 5.73 Å². The highest BCUT2D eigenvalue weighted by molar-refractivity contribution is 5.85. The van der Waals surface area contributed by atoms with E-state index in [1.54, 1.807) is 0 Å². The van der Waals surface area contributed by atoms with Gasteiger partial charge in [0.05, 0.1) is 0 Å². The van der Waals surface area contributed by atoms with E-state index in [-0.39, 0.29) is 24.4 Å². The smallest absolute Gasteiger partial charge is 0.239 e. The van der Waals surface area contributed by atoms with Crippen LogP contribution in [-0.2, 0) is 4.79 Å². The van der Waals surface area contributed by atoms with Gasteiger partial charge in [-0.1, -0.05) is 30.3 Å². The summed E-state index contributed by atoms with van der Waals surface area (Å²) in [5.74, 6) is -0.247. The summed E-state index contributed by atoms with van der Waals surface area (Å²) in [6, 6.07) is 9.53. The molecule has 4 heteroatoms. The lowest BCUT2D eigenvalue weighted by molar-refractivity contribution is -0.123. The van der Waals surface area contributed by atoms with Gasteiger partial charge in [0.15, 0.2) is 0 Å². The van der Waals surface area contributed by atoms with E-state index >= 15 is 0 Å². The average Bonchev–Trinajstić information content (AvgIpc) is 2.72. The lowest BCUT2D eigenvalue weighted by Gasteiger charge is -2.24. The number of benzene rings is 1. The molecular weight excluding hydrogens is 224 g/mol. The van der Waals surface area contributed by atoms with Crippen LogP contribution in [0.15, 0.2) is 30.3 Å². The lowest BCUT2D eigenvalue weighted by atomic mass is 10.1. The quantitative estimate of drug-likeness (QED) is 0.875. The van der Waals surface area contributed by atoms with E-state index in [1.807, 2.05) is 30.3 Å². The zero-order chi connectivity index (χ0) is 10.7. The van der Waals surface area contributed by atoms with Gasteiger partial charge in [0.2, 0.25) is 5.91 Å². The Labute approximate surface area is 102 Å². The Balaban J connectivity index is 0.00000128. The van der Waals surface area contributed by atoms with Crippen LogP contribution in [0, 0.1) is 0 Å². The van der Waals surface area contributed by atoms with Gasteiger partial charge in [-0.25, -0.2) is 0 Å². The molecule has 1 aliphatic rings. The summed E-state index contributed by atoms with van der Waals surface area (Å²) < 4.78 is 0. The molecule has 88 valence electrons. The molecule has 1 fully saturated rings. The van der Waals surface area contributed by atoms with E-state index < -0.39 is 0 Å². The first kappa shape index (κ1) is 13.0. The van der Waals surface area contributed by atoms with E-state index in [9.17, 15) is 4.79 Å². The minimum atomic E-state index is -0.247. The van der Waals surface area contributed by atoms with Crippen molar-refractivity contribution >= 4 is 18.3 Å². The topological polar surface area (TPSA) is 46.3 Å². The molecule has 1 aromatic rings. The SMILES string of the molecule is Cl.NC(=O)C(c1ccccc1)N1CCCC1. The highest BCUT2D eigenvalue weighted by atomic mass is 35.5. The van der Waals surface area contributed by atoms with Crippen molar-refractivity contribution in [3.63, 3.8) is 0 Å². The van der Waals surface area contributed by atoms with Gasteiger partial charge in [-0.2, -0.15) is 0 Å². The van der Waals surface area contributed by atoms with Crippen LogP contribution in [0.2, 0.25) is 0 Å². The highest BCUT2D eigenvalue weighted by Crippen LogP contribution is 2.24. The molecule has 0 spiro atoms. The Morgan fingerprint density at radius 3 is 2.25 bits per heavy atom. The third kappa shape index (κ3) is 2.74. The van der Waals surface area contributed by atoms with Crippen molar-refractivity contribution in [1.82, 2.24) is 4.90 Å². The summed E-state index contributed by atoms with van der Waals surface area (Å²) in [7, 11) is 0.